The Morgan fingerprint density at radius 2 is 2.19 bits per heavy atom. The zero-order valence-corrected chi connectivity index (χ0v) is 10.1. The Bertz CT molecular complexity index is 558. The number of H-pyrrole nitrogens is 1. The summed E-state index contributed by atoms with van der Waals surface area (Å²) in [5, 5.41) is 0.916. The molecular formula is C9H10N4OS2. The lowest BCUT2D eigenvalue weighted by molar-refractivity contribution is 0.854. The predicted molar refractivity (Wildman–Crippen MR) is 67.6 cm³/mol. The first kappa shape index (κ1) is 10.1. The molecule has 84 valence electrons. The van der Waals surface area contributed by atoms with Crippen LogP contribution >= 0.6 is 23.1 Å². The number of aromatic amines is 1. The number of fused-ring (bicyclic) bond motifs is 1. The van der Waals surface area contributed by atoms with E-state index in [-0.39, 0.29) is 5.56 Å². The van der Waals surface area contributed by atoms with Crippen molar-refractivity contribution in [3.05, 3.63) is 16.7 Å². The lowest BCUT2D eigenvalue weighted by Gasteiger charge is -2.25. The molecule has 3 rings (SSSR count). The maximum Gasteiger partial charge on any atom is 0.270 e. The SMILES string of the molecule is O=c1[nH]cnc2nc(N3CCSCC3)sc12. The van der Waals surface area contributed by atoms with Gasteiger partial charge in [-0.3, -0.25) is 4.79 Å². The molecule has 1 N–H and O–H groups in total. The van der Waals surface area contributed by atoms with E-state index in [1.807, 2.05) is 11.8 Å². The standard InChI is InChI=1S/C9H10N4OS2/c14-8-6-7(10-5-11-8)12-9(16-6)13-1-3-15-4-2-13/h5H,1-4H2,(H,10,11,14). The van der Waals surface area contributed by atoms with Gasteiger partial charge in [-0.15, -0.1) is 0 Å². The van der Waals surface area contributed by atoms with E-state index < -0.39 is 0 Å². The quantitative estimate of drug-likeness (QED) is 0.820. The Morgan fingerprint density at radius 3 is 2.94 bits per heavy atom. The van der Waals surface area contributed by atoms with Gasteiger partial charge in [0.1, 0.15) is 4.70 Å². The van der Waals surface area contributed by atoms with Crippen molar-refractivity contribution in [2.75, 3.05) is 29.5 Å². The van der Waals surface area contributed by atoms with Crippen molar-refractivity contribution in [1.29, 1.82) is 0 Å². The van der Waals surface area contributed by atoms with Gasteiger partial charge in [0, 0.05) is 24.6 Å². The molecule has 0 bridgehead atoms. The first-order valence-electron chi connectivity index (χ1n) is 5.01. The van der Waals surface area contributed by atoms with E-state index in [1.54, 1.807) is 0 Å². The van der Waals surface area contributed by atoms with Crippen molar-refractivity contribution in [3.63, 3.8) is 0 Å². The molecule has 0 unspecified atom stereocenters. The molecule has 16 heavy (non-hydrogen) atoms. The fourth-order valence-corrected chi connectivity index (χ4v) is 3.51. The van der Waals surface area contributed by atoms with Crippen LogP contribution in [0.2, 0.25) is 0 Å². The monoisotopic (exact) mass is 254 g/mol. The van der Waals surface area contributed by atoms with Crippen LogP contribution in [0.15, 0.2) is 11.1 Å². The molecule has 2 aromatic rings. The second-order valence-corrected chi connectivity index (χ2v) is 5.68. The maximum absolute atomic E-state index is 11.5. The van der Waals surface area contributed by atoms with Crippen LogP contribution in [0.1, 0.15) is 0 Å². The minimum atomic E-state index is -0.0971. The van der Waals surface area contributed by atoms with Crippen molar-refractivity contribution in [1.82, 2.24) is 15.0 Å². The van der Waals surface area contributed by atoms with Crippen LogP contribution in [0.25, 0.3) is 10.3 Å². The summed E-state index contributed by atoms with van der Waals surface area (Å²) in [7, 11) is 0. The van der Waals surface area contributed by atoms with Crippen molar-refractivity contribution in [2.45, 2.75) is 0 Å². The molecule has 0 atom stereocenters. The molecule has 1 aliphatic heterocycles. The third-order valence-electron chi connectivity index (χ3n) is 2.47. The normalized spacial score (nSPS) is 16.9. The van der Waals surface area contributed by atoms with Gasteiger partial charge in [-0.1, -0.05) is 11.3 Å². The number of hydrogen-bond donors (Lipinski definition) is 1. The molecule has 0 aliphatic carbocycles. The number of aromatic nitrogens is 3. The molecule has 0 radical (unpaired) electrons. The van der Waals surface area contributed by atoms with Crippen LogP contribution in [0, 0.1) is 0 Å². The third kappa shape index (κ3) is 1.69. The topological polar surface area (TPSA) is 61.9 Å². The van der Waals surface area contributed by atoms with E-state index in [0.29, 0.717) is 10.3 Å². The summed E-state index contributed by atoms with van der Waals surface area (Å²) >= 11 is 3.38. The molecule has 2 aromatic heterocycles. The molecule has 1 fully saturated rings. The van der Waals surface area contributed by atoms with Gasteiger partial charge in [0.25, 0.3) is 5.56 Å². The average molecular weight is 254 g/mol. The summed E-state index contributed by atoms with van der Waals surface area (Å²) in [6, 6.07) is 0. The van der Waals surface area contributed by atoms with E-state index in [9.17, 15) is 4.79 Å². The number of nitrogens with zero attached hydrogens (tertiary/aromatic N) is 3. The molecular weight excluding hydrogens is 244 g/mol. The molecule has 0 aromatic carbocycles. The van der Waals surface area contributed by atoms with Crippen molar-refractivity contribution in [3.8, 4) is 0 Å². The molecule has 0 spiro atoms. The second-order valence-electron chi connectivity index (χ2n) is 3.48. The Kier molecular flexibility index (Phi) is 2.56. The molecule has 5 nitrogen and oxygen atoms in total. The van der Waals surface area contributed by atoms with E-state index in [1.165, 1.54) is 17.7 Å². The van der Waals surface area contributed by atoms with Crippen LogP contribution in [0.3, 0.4) is 0 Å². The lowest BCUT2D eigenvalue weighted by Crippen LogP contribution is -2.32. The summed E-state index contributed by atoms with van der Waals surface area (Å²) in [6.07, 6.45) is 1.40. The van der Waals surface area contributed by atoms with Gasteiger partial charge in [0.15, 0.2) is 10.8 Å². The molecule has 1 aliphatic rings. The number of thiazole rings is 1. The molecule has 7 heteroatoms. The molecule has 0 saturated carbocycles. The second kappa shape index (κ2) is 4.06. The minimum absolute atomic E-state index is 0.0971. The number of rotatable bonds is 1. The summed E-state index contributed by atoms with van der Waals surface area (Å²) in [6.45, 7) is 2.00. The third-order valence-corrected chi connectivity index (χ3v) is 4.51. The Balaban J connectivity index is 2.04. The van der Waals surface area contributed by atoms with Crippen LogP contribution in [0.5, 0.6) is 0 Å². The Labute approximate surface area is 99.9 Å². The van der Waals surface area contributed by atoms with Gasteiger partial charge in [-0.25, -0.2) is 4.98 Å². The summed E-state index contributed by atoms with van der Waals surface area (Å²) in [5.74, 6) is 2.25. The van der Waals surface area contributed by atoms with E-state index in [4.69, 9.17) is 0 Å². The Hall–Kier alpha value is -1.08. The van der Waals surface area contributed by atoms with E-state index >= 15 is 0 Å². The highest BCUT2D eigenvalue weighted by molar-refractivity contribution is 7.99. The molecule has 3 heterocycles. The van der Waals surface area contributed by atoms with Gasteiger partial charge in [0.05, 0.1) is 6.33 Å². The summed E-state index contributed by atoms with van der Waals surface area (Å²) < 4.78 is 0.621. The molecule has 1 saturated heterocycles. The summed E-state index contributed by atoms with van der Waals surface area (Å²) in [5.41, 5.74) is 0.460. The first-order chi connectivity index (χ1) is 7.84. The van der Waals surface area contributed by atoms with Crippen molar-refractivity contribution < 1.29 is 0 Å². The highest BCUT2D eigenvalue weighted by atomic mass is 32.2. The maximum atomic E-state index is 11.5. The van der Waals surface area contributed by atoms with Crippen LogP contribution < -0.4 is 10.5 Å². The van der Waals surface area contributed by atoms with Gasteiger partial charge >= 0.3 is 0 Å². The van der Waals surface area contributed by atoms with Gasteiger partial charge in [0.2, 0.25) is 0 Å². The lowest BCUT2D eigenvalue weighted by atomic mass is 10.5. The van der Waals surface area contributed by atoms with Crippen LogP contribution in [0.4, 0.5) is 5.13 Å². The van der Waals surface area contributed by atoms with Crippen LogP contribution in [-0.2, 0) is 0 Å². The van der Waals surface area contributed by atoms with Gasteiger partial charge < -0.3 is 9.88 Å². The highest BCUT2D eigenvalue weighted by Crippen LogP contribution is 2.26. The highest BCUT2D eigenvalue weighted by Gasteiger charge is 2.16. The Morgan fingerprint density at radius 1 is 1.38 bits per heavy atom. The van der Waals surface area contributed by atoms with Crippen molar-refractivity contribution in [2.24, 2.45) is 0 Å². The fourth-order valence-electron chi connectivity index (χ4n) is 1.64. The number of hydrogen-bond acceptors (Lipinski definition) is 6. The average Bonchev–Trinajstić information content (AvgIpc) is 2.76. The summed E-state index contributed by atoms with van der Waals surface area (Å²) in [4.78, 5) is 24.8. The number of anilines is 1. The smallest absolute Gasteiger partial charge is 0.270 e. The zero-order chi connectivity index (χ0) is 11.0. The van der Waals surface area contributed by atoms with Crippen LogP contribution in [-0.4, -0.2) is 39.5 Å². The van der Waals surface area contributed by atoms with Crippen molar-refractivity contribution >= 4 is 38.6 Å². The van der Waals surface area contributed by atoms with E-state index in [2.05, 4.69) is 19.9 Å². The first-order valence-corrected chi connectivity index (χ1v) is 6.98. The number of thioether (sulfide) groups is 1. The zero-order valence-electron chi connectivity index (χ0n) is 8.47. The van der Waals surface area contributed by atoms with E-state index in [0.717, 1.165) is 29.7 Å². The minimum Gasteiger partial charge on any atom is -0.346 e. The molecule has 0 amide bonds. The van der Waals surface area contributed by atoms with Gasteiger partial charge in [-0.2, -0.15) is 16.7 Å². The predicted octanol–water partition coefficient (Wildman–Crippen LogP) is 0.933. The number of nitrogens with one attached hydrogen (secondary N) is 1. The van der Waals surface area contributed by atoms with Gasteiger partial charge in [-0.05, 0) is 0 Å². The largest absolute Gasteiger partial charge is 0.346 e. The fraction of sp³-hybridized carbons (Fsp3) is 0.444.